The van der Waals surface area contributed by atoms with Crippen molar-refractivity contribution in [3.63, 3.8) is 0 Å². The van der Waals surface area contributed by atoms with E-state index in [-0.39, 0.29) is 5.92 Å². The van der Waals surface area contributed by atoms with Gasteiger partial charge in [-0.05, 0) is 26.7 Å². The van der Waals surface area contributed by atoms with E-state index in [0.29, 0.717) is 0 Å². The Morgan fingerprint density at radius 1 is 1.32 bits per heavy atom. The Balaban J connectivity index is 2.68. The monoisotopic (exact) mass is 278 g/mol. The molecule has 1 fully saturated rings. The molecule has 1 amide bonds. The van der Waals surface area contributed by atoms with Gasteiger partial charge in [0, 0.05) is 18.4 Å². The van der Waals surface area contributed by atoms with Gasteiger partial charge in [0.2, 0.25) is 0 Å². The highest BCUT2D eigenvalue weighted by Crippen LogP contribution is 2.47. The fourth-order valence-corrected chi connectivity index (χ4v) is 2.54. The zero-order valence-electron chi connectivity index (χ0n) is 12.2. The molecule has 0 spiro atoms. The van der Waals surface area contributed by atoms with Crippen molar-refractivity contribution >= 4 is 6.09 Å². The van der Waals surface area contributed by atoms with Crippen LogP contribution in [0.4, 0.5) is 13.6 Å². The smallest absolute Gasteiger partial charge is 0.407 e. The molecule has 0 heterocycles. The van der Waals surface area contributed by atoms with Gasteiger partial charge in [-0.3, -0.25) is 0 Å². The number of hydrogen-bond donors (Lipinski definition) is 2. The molecule has 19 heavy (non-hydrogen) atoms. The summed E-state index contributed by atoms with van der Waals surface area (Å²) in [4.78, 5) is 11.7. The molecule has 1 aliphatic carbocycles. The third-order valence-electron chi connectivity index (χ3n) is 3.13. The zero-order chi connectivity index (χ0) is 15.1. The van der Waals surface area contributed by atoms with Crippen LogP contribution in [0.1, 0.15) is 47.5 Å². The van der Waals surface area contributed by atoms with Crippen LogP contribution in [0.5, 0.6) is 0 Å². The number of halogens is 2. The number of alkyl halides is 2. The zero-order valence-corrected chi connectivity index (χ0v) is 12.2. The van der Waals surface area contributed by atoms with E-state index in [0.717, 1.165) is 0 Å². The molecular formula is C13H24F2N2O2. The summed E-state index contributed by atoms with van der Waals surface area (Å²) in [6.45, 7) is 8.91. The highest BCUT2D eigenvalue weighted by Gasteiger charge is 2.58. The third-order valence-corrected chi connectivity index (χ3v) is 3.13. The number of carbonyl (C=O) groups is 1. The van der Waals surface area contributed by atoms with Crippen LogP contribution in [0.25, 0.3) is 0 Å². The molecule has 112 valence electrons. The summed E-state index contributed by atoms with van der Waals surface area (Å²) in [5.74, 6) is -2.77. The highest BCUT2D eigenvalue weighted by atomic mass is 19.3. The molecule has 0 aromatic heterocycles. The van der Waals surface area contributed by atoms with Gasteiger partial charge in [-0.15, -0.1) is 0 Å². The number of hydrogen-bond acceptors (Lipinski definition) is 3. The van der Waals surface area contributed by atoms with Crippen molar-refractivity contribution in [3.8, 4) is 0 Å². The predicted octanol–water partition coefficient (Wildman–Crippen LogP) is 2.66. The van der Waals surface area contributed by atoms with Gasteiger partial charge in [-0.2, -0.15) is 0 Å². The third kappa shape index (κ3) is 4.30. The minimum absolute atomic E-state index is 0.0476. The average molecular weight is 278 g/mol. The second-order valence-corrected chi connectivity index (χ2v) is 6.81. The van der Waals surface area contributed by atoms with Gasteiger partial charge in [0.25, 0.3) is 5.92 Å². The number of ether oxygens (including phenoxy) is 1. The van der Waals surface area contributed by atoms with Gasteiger partial charge in [0.05, 0.1) is 6.04 Å². The lowest BCUT2D eigenvalue weighted by atomic mass is 9.66. The molecule has 1 atom stereocenters. The summed E-state index contributed by atoms with van der Waals surface area (Å²) < 4.78 is 31.2. The molecule has 1 saturated carbocycles. The fraction of sp³-hybridized carbons (Fsp3) is 0.923. The second-order valence-electron chi connectivity index (χ2n) is 6.81. The van der Waals surface area contributed by atoms with E-state index in [4.69, 9.17) is 10.5 Å². The summed E-state index contributed by atoms with van der Waals surface area (Å²) in [5.41, 5.74) is 4.30. The maximum Gasteiger partial charge on any atom is 0.407 e. The molecule has 0 aliphatic heterocycles. The SMILES string of the molecule is CC(C)C(NC(=O)OC(C)(C)C)C1(N)CC(F)(F)C1. The van der Waals surface area contributed by atoms with E-state index in [1.54, 1.807) is 20.8 Å². The molecule has 0 saturated heterocycles. The van der Waals surface area contributed by atoms with Crippen LogP contribution in [0, 0.1) is 5.92 Å². The van der Waals surface area contributed by atoms with Crippen LogP contribution in [0.15, 0.2) is 0 Å². The lowest BCUT2D eigenvalue weighted by Gasteiger charge is -2.50. The average Bonchev–Trinajstić information content (AvgIpc) is 2.06. The Hall–Kier alpha value is -0.910. The van der Waals surface area contributed by atoms with Crippen molar-refractivity contribution in [2.24, 2.45) is 11.7 Å². The first-order valence-electron chi connectivity index (χ1n) is 6.51. The molecular weight excluding hydrogens is 254 g/mol. The maximum atomic E-state index is 13.0. The lowest BCUT2D eigenvalue weighted by Crippen LogP contribution is -2.70. The summed E-state index contributed by atoms with van der Waals surface area (Å²) in [6.07, 6.45) is -1.43. The van der Waals surface area contributed by atoms with E-state index >= 15 is 0 Å². The first-order valence-corrected chi connectivity index (χ1v) is 6.51. The molecule has 0 bridgehead atoms. The number of rotatable bonds is 3. The molecule has 0 radical (unpaired) electrons. The van der Waals surface area contributed by atoms with Crippen LogP contribution < -0.4 is 11.1 Å². The summed E-state index contributed by atoms with van der Waals surface area (Å²) in [5, 5.41) is 2.63. The van der Waals surface area contributed by atoms with E-state index < -0.39 is 42.0 Å². The van der Waals surface area contributed by atoms with Crippen molar-refractivity contribution in [2.45, 2.75) is 70.6 Å². The molecule has 1 unspecified atom stereocenters. The Bertz CT molecular complexity index is 343. The van der Waals surface area contributed by atoms with Crippen LogP contribution in [0.2, 0.25) is 0 Å². The van der Waals surface area contributed by atoms with Crippen molar-refractivity contribution < 1.29 is 18.3 Å². The molecule has 4 nitrogen and oxygen atoms in total. The van der Waals surface area contributed by atoms with Gasteiger partial charge in [-0.25, -0.2) is 13.6 Å². The first-order chi connectivity index (χ1) is 8.35. The minimum Gasteiger partial charge on any atom is -0.444 e. The molecule has 1 aliphatic rings. The molecule has 0 aromatic rings. The molecule has 1 rings (SSSR count). The Labute approximate surface area is 113 Å². The van der Waals surface area contributed by atoms with Gasteiger partial charge >= 0.3 is 6.09 Å². The van der Waals surface area contributed by atoms with Crippen molar-refractivity contribution in [1.82, 2.24) is 5.32 Å². The molecule has 3 N–H and O–H groups in total. The number of nitrogens with two attached hydrogens (primary N) is 1. The van der Waals surface area contributed by atoms with Gasteiger partial charge in [0.1, 0.15) is 5.60 Å². The minimum atomic E-state index is -2.72. The van der Waals surface area contributed by atoms with Crippen LogP contribution in [0.3, 0.4) is 0 Å². The Kier molecular flexibility index (Phi) is 4.15. The van der Waals surface area contributed by atoms with Crippen molar-refractivity contribution in [2.75, 3.05) is 0 Å². The van der Waals surface area contributed by atoms with Crippen molar-refractivity contribution in [3.05, 3.63) is 0 Å². The molecule has 6 heteroatoms. The lowest BCUT2D eigenvalue weighted by molar-refractivity contribution is -0.135. The van der Waals surface area contributed by atoms with Gasteiger partial charge < -0.3 is 15.8 Å². The van der Waals surface area contributed by atoms with Crippen molar-refractivity contribution in [1.29, 1.82) is 0 Å². The summed E-state index contributed by atoms with van der Waals surface area (Å²) in [6, 6.07) is -0.526. The van der Waals surface area contributed by atoms with Crippen LogP contribution in [-0.4, -0.2) is 29.2 Å². The van der Waals surface area contributed by atoms with E-state index in [9.17, 15) is 13.6 Å². The number of amides is 1. The topological polar surface area (TPSA) is 64.3 Å². The molecule has 0 aromatic carbocycles. The number of nitrogens with one attached hydrogen (secondary N) is 1. The second kappa shape index (κ2) is 4.89. The normalized spacial score (nSPS) is 22.6. The Morgan fingerprint density at radius 2 is 1.79 bits per heavy atom. The van der Waals surface area contributed by atoms with Crippen LogP contribution >= 0.6 is 0 Å². The van der Waals surface area contributed by atoms with E-state index in [1.807, 2.05) is 13.8 Å². The predicted molar refractivity (Wildman–Crippen MR) is 69.1 cm³/mol. The quantitative estimate of drug-likeness (QED) is 0.834. The van der Waals surface area contributed by atoms with Crippen LogP contribution in [-0.2, 0) is 4.74 Å². The largest absolute Gasteiger partial charge is 0.444 e. The highest BCUT2D eigenvalue weighted by molar-refractivity contribution is 5.68. The summed E-state index contributed by atoms with van der Waals surface area (Å²) in [7, 11) is 0. The fourth-order valence-electron chi connectivity index (χ4n) is 2.54. The first kappa shape index (κ1) is 16.1. The van der Waals surface area contributed by atoms with E-state index in [2.05, 4.69) is 5.32 Å². The maximum absolute atomic E-state index is 13.0. The van der Waals surface area contributed by atoms with E-state index in [1.165, 1.54) is 0 Å². The summed E-state index contributed by atoms with van der Waals surface area (Å²) >= 11 is 0. The standard InChI is InChI=1S/C13H24F2N2O2/c1-8(2)9(12(16)6-13(14,15)7-12)17-10(18)19-11(3,4)5/h8-9H,6-7,16H2,1-5H3,(H,17,18). The van der Waals surface area contributed by atoms with Gasteiger partial charge in [0.15, 0.2) is 0 Å². The van der Waals surface area contributed by atoms with Gasteiger partial charge in [-0.1, -0.05) is 13.8 Å². The Morgan fingerprint density at radius 3 is 2.11 bits per heavy atom. The number of carbonyl (C=O) groups excluding carboxylic acids is 1. The number of alkyl carbamates (subject to hydrolysis) is 1.